The van der Waals surface area contributed by atoms with E-state index in [4.69, 9.17) is 9.47 Å². The van der Waals surface area contributed by atoms with Gasteiger partial charge >= 0.3 is 0 Å². The fourth-order valence-electron chi connectivity index (χ4n) is 2.03. The fraction of sp³-hybridized carbons (Fsp3) is 0.333. The summed E-state index contributed by atoms with van der Waals surface area (Å²) in [4.78, 5) is 1.44. The fourth-order valence-corrected chi connectivity index (χ4v) is 2.03. The molecule has 21 heavy (non-hydrogen) atoms. The van der Waals surface area contributed by atoms with Crippen molar-refractivity contribution >= 4 is 0 Å². The summed E-state index contributed by atoms with van der Waals surface area (Å²) < 4.78 is 11.7. The predicted octanol–water partition coefficient (Wildman–Crippen LogP) is 2.18. The molecule has 0 saturated carbocycles. The highest BCUT2D eigenvalue weighted by molar-refractivity contribution is 5.39. The second-order valence-corrected chi connectivity index (χ2v) is 5.38. The monoisotopic (exact) mass is 286 g/mol. The lowest BCUT2D eigenvalue weighted by Gasteiger charge is -2.13. The van der Waals surface area contributed by atoms with E-state index in [0.717, 1.165) is 36.6 Å². The van der Waals surface area contributed by atoms with Gasteiger partial charge in [-0.2, -0.15) is 0 Å². The average molecular weight is 286 g/mol. The topological polar surface area (TPSA) is 22.9 Å². The van der Waals surface area contributed by atoms with Crippen LogP contribution in [0.4, 0.5) is 0 Å². The van der Waals surface area contributed by atoms with Crippen LogP contribution in [0.3, 0.4) is 0 Å². The largest absolute Gasteiger partial charge is 0.489 e. The summed E-state index contributed by atoms with van der Waals surface area (Å²) in [5.74, 6) is 1.63. The Hall–Kier alpha value is -2.00. The van der Waals surface area contributed by atoms with Crippen LogP contribution in [0.5, 0.6) is 11.5 Å². The average Bonchev–Trinajstić information content (AvgIpc) is 2.51. The highest BCUT2D eigenvalue weighted by atomic mass is 16.5. The van der Waals surface area contributed by atoms with Crippen molar-refractivity contribution in [2.75, 3.05) is 27.2 Å². The summed E-state index contributed by atoms with van der Waals surface area (Å²) in [5, 5.41) is 0. The zero-order valence-corrected chi connectivity index (χ0v) is 12.8. The molecular formula is C18H24NO2+. The summed E-state index contributed by atoms with van der Waals surface area (Å²) in [6.45, 7) is 2.38. The molecule has 0 aliphatic heterocycles. The van der Waals surface area contributed by atoms with Gasteiger partial charge in [0.25, 0.3) is 0 Å². The van der Waals surface area contributed by atoms with Gasteiger partial charge in [0.1, 0.15) is 6.61 Å². The first-order valence-corrected chi connectivity index (χ1v) is 7.43. The molecular weight excluding hydrogens is 262 g/mol. The molecule has 0 fully saturated rings. The van der Waals surface area contributed by atoms with Gasteiger partial charge in [-0.1, -0.05) is 42.5 Å². The van der Waals surface area contributed by atoms with E-state index >= 15 is 0 Å². The van der Waals surface area contributed by atoms with Crippen molar-refractivity contribution in [3.63, 3.8) is 0 Å². The second kappa shape index (κ2) is 8.32. The third kappa shape index (κ3) is 5.48. The van der Waals surface area contributed by atoms with Gasteiger partial charge in [-0.05, 0) is 17.7 Å². The number of quaternary nitrogens is 1. The summed E-state index contributed by atoms with van der Waals surface area (Å²) in [6.07, 6.45) is 1.04. The number of rotatable bonds is 8. The van der Waals surface area contributed by atoms with E-state index in [1.165, 1.54) is 4.90 Å². The van der Waals surface area contributed by atoms with Crippen molar-refractivity contribution in [2.45, 2.75) is 13.0 Å². The molecule has 0 heterocycles. The molecule has 0 atom stereocenters. The number of para-hydroxylation sites is 2. The highest BCUT2D eigenvalue weighted by Gasteiger charge is 2.05. The normalized spacial score (nSPS) is 10.6. The molecule has 2 aromatic carbocycles. The van der Waals surface area contributed by atoms with E-state index in [1.54, 1.807) is 0 Å². The van der Waals surface area contributed by atoms with Crippen molar-refractivity contribution < 1.29 is 14.4 Å². The Morgan fingerprint density at radius 1 is 0.810 bits per heavy atom. The SMILES string of the molecule is C[NH+](C)CCCOc1ccccc1OCc1ccccc1. The van der Waals surface area contributed by atoms with Gasteiger partial charge in [-0.3, -0.25) is 0 Å². The van der Waals surface area contributed by atoms with Crippen LogP contribution in [-0.4, -0.2) is 27.2 Å². The lowest BCUT2D eigenvalue weighted by Crippen LogP contribution is -3.05. The first-order valence-electron chi connectivity index (χ1n) is 7.43. The van der Waals surface area contributed by atoms with Crippen molar-refractivity contribution in [3.8, 4) is 11.5 Å². The quantitative estimate of drug-likeness (QED) is 0.752. The van der Waals surface area contributed by atoms with Crippen LogP contribution in [-0.2, 0) is 6.61 Å². The first kappa shape index (κ1) is 15.4. The minimum Gasteiger partial charge on any atom is -0.489 e. The molecule has 2 aromatic rings. The summed E-state index contributed by atoms with van der Waals surface area (Å²) in [5.41, 5.74) is 1.16. The standard InChI is InChI=1S/C18H23NO2/c1-19(2)13-8-14-20-17-11-6-7-12-18(17)21-15-16-9-4-3-5-10-16/h3-7,9-12H,8,13-15H2,1-2H3/p+1. The third-order valence-electron chi connectivity index (χ3n) is 3.17. The van der Waals surface area contributed by atoms with Crippen LogP contribution >= 0.6 is 0 Å². The van der Waals surface area contributed by atoms with E-state index in [0.29, 0.717) is 6.61 Å². The maximum absolute atomic E-state index is 5.87. The van der Waals surface area contributed by atoms with Crippen LogP contribution in [0, 0.1) is 0 Å². The maximum Gasteiger partial charge on any atom is 0.161 e. The van der Waals surface area contributed by atoms with Crippen LogP contribution in [0.15, 0.2) is 54.6 Å². The Balaban J connectivity index is 1.87. The van der Waals surface area contributed by atoms with Gasteiger partial charge in [0.2, 0.25) is 0 Å². The maximum atomic E-state index is 5.87. The number of hydrogen-bond donors (Lipinski definition) is 1. The molecule has 1 N–H and O–H groups in total. The number of benzene rings is 2. The Labute approximate surface area is 127 Å². The van der Waals surface area contributed by atoms with Gasteiger partial charge in [0.15, 0.2) is 11.5 Å². The van der Waals surface area contributed by atoms with E-state index in [9.17, 15) is 0 Å². The molecule has 3 heteroatoms. The zero-order chi connectivity index (χ0) is 14.9. The van der Waals surface area contributed by atoms with Crippen molar-refractivity contribution in [1.29, 1.82) is 0 Å². The molecule has 0 saturated heterocycles. The van der Waals surface area contributed by atoms with Gasteiger partial charge in [-0.25, -0.2) is 0 Å². The van der Waals surface area contributed by atoms with Gasteiger partial charge in [-0.15, -0.1) is 0 Å². The minimum absolute atomic E-state index is 0.559. The molecule has 0 radical (unpaired) electrons. The van der Waals surface area contributed by atoms with Crippen LogP contribution in [0.25, 0.3) is 0 Å². The van der Waals surface area contributed by atoms with Gasteiger partial charge < -0.3 is 14.4 Å². The molecule has 0 spiro atoms. The lowest BCUT2D eigenvalue weighted by molar-refractivity contribution is -0.858. The van der Waals surface area contributed by atoms with E-state index < -0.39 is 0 Å². The molecule has 3 nitrogen and oxygen atoms in total. The number of ether oxygens (including phenoxy) is 2. The highest BCUT2D eigenvalue weighted by Crippen LogP contribution is 2.27. The van der Waals surface area contributed by atoms with Crippen LogP contribution in [0.1, 0.15) is 12.0 Å². The molecule has 0 aromatic heterocycles. The van der Waals surface area contributed by atoms with Gasteiger partial charge in [0, 0.05) is 6.42 Å². The van der Waals surface area contributed by atoms with Gasteiger partial charge in [0.05, 0.1) is 27.2 Å². The lowest BCUT2D eigenvalue weighted by atomic mass is 10.2. The van der Waals surface area contributed by atoms with Crippen molar-refractivity contribution in [1.82, 2.24) is 0 Å². The van der Waals surface area contributed by atoms with Crippen molar-refractivity contribution in [3.05, 3.63) is 60.2 Å². The molecule has 0 bridgehead atoms. The van der Waals surface area contributed by atoms with E-state index in [-0.39, 0.29) is 0 Å². The summed E-state index contributed by atoms with van der Waals surface area (Å²) >= 11 is 0. The Morgan fingerprint density at radius 2 is 1.43 bits per heavy atom. The molecule has 0 aliphatic rings. The Bertz CT molecular complexity index is 526. The van der Waals surface area contributed by atoms with Crippen LogP contribution in [0.2, 0.25) is 0 Å². The predicted molar refractivity (Wildman–Crippen MR) is 85.0 cm³/mol. The minimum atomic E-state index is 0.559. The summed E-state index contributed by atoms with van der Waals surface area (Å²) in [6, 6.07) is 18.0. The Kier molecular flexibility index (Phi) is 6.10. The number of nitrogens with one attached hydrogen (secondary N) is 1. The Morgan fingerprint density at radius 3 is 2.10 bits per heavy atom. The third-order valence-corrected chi connectivity index (χ3v) is 3.17. The number of hydrogen-bond acceptors (Lipinski definition) is 2. The second-order valence-electron chi connectivity index (χ2n) is 5.38. The molecule has 0 aliphatic carbocycles. The van der Waals surface area contributed by atoms with E-state index in [2.05, 4.69) is 26.2 Å². The smallest absolute Gasteiger partial charge is 0.161 e. The zero-order valence-electron chi connectivity index (χ0n) is 12.8. The molecule has 112 valence electrons. The summed E-state index contributed by atoms with van der Waals surface area (Å²) in [7, 11) is 4.30. The van der Waals surface area contributed by atoms with E-state index in [1.807, 2.05) is 42.5 Å². The molecule has 0 amide bonds. The van der Waals surface area contributed by atoms with Crippen molar-refractivity contribution in [2.24, 2.45) is 0 Å². The molecule has 2 rings (SSSR count). The molecule has 0 unspecified atom stereocenters. The van der Waals surface area contributed by atoms with Crippen LogP contribution < -0.4 is 14.4 Å². The first-order chi connectivity index (χ1) is 10.3.